The molecule has 1 aliphatic carbocycles. The van der Waals surface area contributed by atoms with E-state index in [1.807, 2.05) is 0 Å². The third-order valence-electron chi connectivity index (χ3n) is 2.67. The lowest BCUT2D eigenvalue weighted by atomic mass is 10.2. The lowest BCUT2D eigenvalue weighted by Gasteiger charge is -2.20. The third kappa shape index (κ3) is 2.38. The predicted molar refractivity (Wildman–Crippen MR) is 56.8 cm³/mol. The molecule has 0 unspecified atom stereocenters. The molecule has 1 aromatic heterocycles. The molecule has 2 rings (SSSR count). The van der Waals surface area contributed by atoms with Crippen molar-refractivity contribution >= 4 is 15.9 Å². The Balaban J connectivity index is 1.98. The van der Waals surface area contributed by atoms with Crippen molar-refractivity contribution < 1.29 is 13.2 Å². The van der Waals surface area contributed by atoms with Gasteiger partial charge in [-0.2, -0.15) is 13.2 Å². The van der Waals surface area contributed by atoms with Gasteiger partial charge in [0.05, 0.1) is 5.69 Å². The number of pyridine rings is 1. The summed E-state index contributed by atoms with van der Waals surface area (Å²) in [6, 6.07) is 5.19. The van der Waals surface area contributed by atoms with Gasteiger partial charge in [-0.05, 0) is 40.9 Å². The summed E-state index contributed by atoms with van der Waals surface area (Å²) in [5, 5.41) is 2.55. The van der Waals surface area contributed by atoms with E-state index >= 15 is 0 Å². The van der Waals surface area contributed by atoms with Crippen LogP contribution in [0, 0.1) is 0 Å². The Morgan fingerprint density at radius 1 is 1.38 bits per heavy atom. The first kappa shape index (κ1) is 11.9. The van der Waals surface area contributed by atoms with E-state index in [2.05, 4.69) is 26.2 Å². The molecule has 1 aliphatic rings. The van der Waals surface area contributed by atoms with E-state index in [-0.39, 0.29) is 19.4 Å². The summed E-state index contributed by atoms with van der Waals surface area (Å²) in [6.45, 7) is 0.138. The van der Waals surface area contributed by atoms with Gasteiger partial charge in [-0.1, -0.05) is 6.07 Å². The Hall–Kier alpha value is -0.620. The minimum atomic E-state index is -4.17. The topological polar surface area (TPSA) is 24.9 Å². The van der Waals surface area contributed by atoms with Crippen molar-refractivity contribution in [1.82, 2.24) is 10.3 Å². The molecule has 0 atom stereocenters. The fourth-order valence-electron chi connectivity index (χ4n) is 1.49. The average molecular weight is 295 g/mol. The summed E-state index contributed by atoms with van der Waals surface area (Å²) in [5.74, 6) is 0. The van der Waals surface area contributed by atoms with E-state index in [0.29, 0.717) is 10.3 Å². The van der Waals surface area contributed by atoms with E-state index in [0.717, 1.165) is 0 Å². The highest BCUT2D eigenvalue weighted by molar-refractivity contribution is 9.10. The van der Waals surface area contributed by atoms with Crippen LogP contribution in [-0.2, 0) is 6.54 Å². The number of rotatable bonds is 3. The third-order valence-corrected chi connectivity index (χ3v) is 3.11. The van der Waals surface area contributed by atoms with E-state index < -0.39 is 11.7 Å². The summed E-state index contributed by atoms with van der Waals surface area (Å²) >= 11 is 3.18. The van der Waals surface area contributed by atoms with Crippen LogP contribution in [0.25, 0.3) is 0 Å². The van der Waals surface area contributed by atoms with Crippen molar-refractivity contribution in [3.8, 4) is 0 Å². The Kier molecular flexibility index (Phi) is 2.96. The molecule has 0 amide bonds. The van der Waals surface area contributed by atoms with Crippen LogP contribution in [0.2, 0.25) is 0 Å². The first-order chi connectivity index (χ1) is 7.43. The van der Waals surface area contributed by atoms with Crippen LogP contribution < -0.4 is 5.32 Å². The van der Waals surface area contributed by atoms with Gasteiger partial charge in [0.15, 0.2) is 0 Å². The van der Waals surface area contributed by atoms with Gasteiger partial charge in [0.2, 0.25) is 0 Å². The summed E-state index contributed by atoms with van der Waals surface area (Å²) in [5.41, 5.74) is -1.07. The van der Waals surface area contributed by atoms with E-state index in [9.17, 15) is 13.2 Å². The highest BCUT2D eigenvalue weighted by atomic mass is 79.9. The van der Waals surface area contributed by atoms with E-state index in [4.69, 9.17) is 0 Å². The number of hydrogen-bond acceptors (Lipinski definition) is 2. The van der Waals surface area contributed by atoms with Crippen molar-refractivity contribution in [2.45, 2.75) is 31.1 Å². The monoisotopic (exact) mass is 294 g/mol. The fraction of sp³-hybridized carbons (Fsp3) is 0.500. The van der Waals surface area contributed by atoms with Gasteiger partial charge in [-0.3, -0.25) is 5.32 Å². The molecule has 88 valence electrons. The molecule has 0 aromatic carbocycles. The molecule has 0 radical (unpaired) electrons. The number of nitrogens with zero attached hydrogens (tertiary/aromatic N) is 1. The lowest BCUT2D eigenvalue weighted by Crippen LogP contribution is -2.44. The molecule has 1 N–H and O–H groups in total. The summed E-state index contributed by atoms with van der Waals surface area (Å²) in [7, 11) is 0. The maximum atomic E-state index is 12.6. The van der Waals surface area contributed by atoms with E-state index in [1.165, 1.54) is 0 Å². The van der Waals surface area contributed by atoms with Crippen LogP contribution >= 0.6 is 15.9 Å². The summed E-state index contributed by atoms with van der Waals surface area (Å²) in [6.07, 6.45) is -3.85. The second kappa shape index (κ2) is 4.00. The van der Waals surface area contributed by atoms with Crippen molar-refractivity contribution in [1.29, 1.82) is 0 Å². The number of hydrogen-bond donors (Lipinski definition) is 1. The van der Waals surface area contributed by atoms with Gasteiger partial charge in [-0.25, -0.2) is 4.98 Å². The quantitative estimate of drug-likeness (QED) is 0.867. The zero-order chi connectivity index (χ0) is 11.8. The van der Waals surface area contributed by atoms with Crippen molar-refractivity contribution in [3.63, 3.8) is 0 Å². The largest absolute Gasteiger partial charge is 0.406 e. The summed E-state index contributed by atoms with van der Waals surface area (Å²) < 4.78 is 38.4. The molecular weight excluding hydrogens is 285 g/mol. The normalized spacial score (nSPS) is 18.5. The number of nitrogens with one attached hydrogen (secondary N) is 1. The maximum Gasteiger partial charge on any atom is 0.406 e. The van der Waals surface area contributed by atoms with Gasteiger partial charge >= 0.3 is 6.18 Å². The summed E-state index contributed by atoms with van der Waals surface area (Å²) in [4.78, 5) is 4.07. The average Bonchev–Trinajstić information content (AvgIpc) is 2.94. The first-order valence-corrected chi connectivity index (χ1v) is 5.65. The van der Waals surface area contributed by atoms with Crippen LogP contribution in [0.4, 0.5) is 13.2 Å². The Morgan fingerprint density at radius 2 is 2.06 bits per heavy atom. The highest BCUT2D eigenvalue weighted by Gasteiger charge is 2.62. The molecule has 1 heterocycles. The number of halogens is 4. The number of alkyl halides is 3. The minimum absolute atomic E-state index is 0.138. The van der Waals surface area contributed by atoms with Gasteiger partial charge in [-0.15, -0.1) is 0 Å². The van der Waals surface area contributed by atoms with Gasteiger partial charge in [0.25, 0.3) is 0 Å². The minimum Gasteiger partial charge on any atom is -0.298 e. The lowest BCUT2D eigenvalue weighted by molar-refractivity contribution is -0.166. The van der Waals surface area contributed by atoms with Crippen LogP contribution in [-0.4, -0.2) is 16.7 Å². The predicted octanol–water partition coefficient (Wildman–Crippen LogP) is 3.03. The Bertz CT molecular complexity index is 388. The smallest absolute Gasteiger partial charge is 0.298 e. The molecule has 0 bridgehead atoms. The van der Waals surface area contributed by atoms with Crippen LogP contribution in [0.3, 0.4) is 0 Å². The standard InChI is InChI=1S/C10H10BrF3N2/c11-8-3-1-2-7(16-8)6-15-9(4-5-9)10(12,13)14/h1-3,15H,4-6H2. The molecule has 16 heavy (non-hydrogen) atoms. The molecule has 2 nitrogen and oxygen atoms in total. The molecule has 1 aromatic rings. The van der Waals surface area contributed by atoms with Crippen LogP contribution in [0.1, 0.15) is 18.5 Å². The highest BCUT2D eigenvalue weighted by Crippen LogP contribution is 2.48. The van der Waals surface area contributed by atoms with Crippen LogP contribution in [0.5, 0.6) is 0 Å². The first-order valence-electron chi connectivity index (χ1n) is 4.86. The second-order valence-corrected chi connectivity index (χ2v) is 4.70. The molecular formula is C10H10BrF3N2. The zero-order valence-electron chi connectivity index (χ0n) is 8.31. The maximum absolute atomic E-state index is 12.6. The van der Waals surface area contributed by atoms with Crippen molar-refractivity contribution in [3.05, 3.63) is 28.5 Å². The van der Waals surface area contributed by atoms with Crippen molar-refractivity contribution in [2.24, 2.45) is 0 Å². The number of aromatic nitrogens is 1. The molecule has 0 aliphatic heterocycles. The molecule has 1 fully saturated rings. The van der Waals surface area contributed by atoms with E-state index in [1.54, 1.807) is 18.2 Å². The van der Waals surface area contributed by atoms with Gasteiger partial charge in [0.1, 0.15) is 10.1 Å². The fourth-order valence-corrected chi connectivity index (χ4v) is 1.87. The Labute approximate surface area is 99.4 Å². The van der Waals surface area contributed by atoms with Gasteiger partial charge in [0, 0.05) is 6.54 Å². The SMILES string of the molecule is FC(F)(F)C1(NCc2cccc(Br)n2)CC1. The molecule has 1 saturated carbocycles. The molecule has 6 heteroatoms. The van der Waals surface area contributed by atoms with Gasteiger partial charge < -0.3 is 0 Å². The Morgan fingerprint density at radius 3 is 2.56 bits per heavy atom. The molecule has 0 spiro atoms. The second-order valence-electron chi connectivity index (χ2n) is 3.89. The zero-order valence-corrected chi connectivity index (χ0v) is 9.90. The van der Waals surface area contributed by atoms with Crippen molar-refractivity contribution in [2.75, 3.05) is 0 Å². The van der Waals surface area contributed by atoms with Crippen LogP contribution in [0.15, 0.2) is 22.8 Å². The molecule has 0 saturated heterocycles.